The second-order valence-corrected chi connectivity index (χ2v) is 3.22. The minimum absolute atomic E-state index is 0.0122. The molecule has 0 aliphatic heterocycles. The van der Waals surface area contributed by atoms with Gasteiger partial charge in [-0.3, -0.25) is 4.68 Å². The van der Waals surface area contributed by atoms with Crippen LogP contribution in [0.4, 0.5) is 0 Å². The molecule has 0 fully saturated rings. The summed E-state index contributed by atoms with van der Waals surface area (Å²) in [5, 5.41) is 12.8. The van der Waals surface area contributed by atoms with Gasteiger partial charge in [-0.25, -0.2) is 4.98 Å². The molecule has 68 valence electrons. The van der Waals surface area contributed by atoms with Crippen molar-refractivity contribution in [3.05, 3.63) is 12.7 Å². The zero-order valence-corrected chi connectivity index (χ0v) is 7.14. The molecule has 3 N–H and O–H groups in total. The van der Waals surface area contributed by atoms with E-state index in [-0.39, 0.29) is 6.61 Å². The number of hydrogen-bond acceptors (Lipinski definition) is 4. The van der Waals surface area contributed by atoms with Crippen molar-refractivity contribution in [2.45, 2.75) is 25.4 Å². The average molecular weight is 170 g/mol. The van der Waals surface area contributed by atoms with Gasteiger partial charge in [0.25, 0.3) is 0 Å². The van der Waals surface area contributed by atoms with Crippen LogP contribution in [0.25, 0.3) is 0 Å². The minimum atomic E-state index is -0.522. The maximum absolute atomic E-state index is 8.85. The Morgan fingerprint density at radius 2 is 2.42 bits per heavy atom. The van der Waals surface area contributed by atoms with E-state index < -0.39 is 5.54 Å². The lowest BCUT2D eigenvalue weighted by Gasteiger charge is -2.20. The minimum Gasteiger partial charge on any atom is -0.394 e. The molecule has 0 amide bonds. The van der Waals surface area contributed by atoms with Gasteiger partial charge in [0, 0.05) is 12.1 Å². The van der Waals surface area contributed by atoms with Crippen LogP contribution in [0.5, 0.6) is 0 Å². The number of hydrogen-bond donors (Lipinski definition) is 2. The molecular weight excluding hydrogens is 156 g/mol. The summed E-state index contributed by atoms with van der Waals surface area (Å²) in [4.78, 5) is 3.80. The first-order valence-corrected chi connectivity index (χ1v) is 3.86. The topological polar surface area (TPSA) is 77.0 Å². The molecule has 1 aromatic rings. The lowest BCUT2D eigenvalue weighted by molar-refractivity contribution is 0.194. The summed E-state index contributed by atoms with van der Waals surface area (Å²) in [7, 11) is 0. The van der Waals surface area contributed by atoms with Crippen LogP contribution in [0.2, 0.25) is 0 Å². The Bertz CT molecular complexity index is 219. The van der Waals surface area contributed by atoms with Crippen LogP contribution in [0.3, 0.4) is 0 Å². The smallest absolute Gasteiger partial charge is 0.137 e. The second kappa shape index (κ2) is 3.64. The van der Waals surface area contributed by atoms with E-state index in [1.807, 2.05) is 6.92 Å². The van der Waals surface area contributed by atoms with E-state index in [4.69, 9.17) is 10.8 Å². The Balaban J connectivity index is 2.36. The summed E-state index contributed by atoms with van der Waals surface area (Å²) >= 11 is 0. The van der Waals surface area contributed by atoms with Crippen molar-refractivity contribution in [2.75, 3.05) is 6.61 Å². The van der Waals surface area contributed by atoms with Crippen LogP contribution >= 0.6 is 0 Å². The number of aryl methyl sites for hydroxylation is 1. The molecule has 0 aliphatic rings. The van der Waals surface area contributed by atoms with E-state index in [9.17, 15) is 0 Å². The van der Waals surface area contributed by atoms with E-state index >= 15 is 0 Å². The fourth-order valence-electron chi connectivity index (χ4n) is 0.797. The summed E-state index contributed by atoms with van der Waals surface area (Å²) in [6.07, 6.45) is 3.80. The molecule has 1 unspecified atom stereocenters. The first-order chi connectivity index (χ1) is 5.64. The monoisotopic (exact) mass is 170 g/mol. The molecule has 0 aromatic carbocycles. The highest BCUT2D eigenvalue weighted by molar-refractivity contribution is 4.76. The van der Waals surface area contributed by atoms with Gasteiger partial charge in [-0.05, 0) is 13.3 Å². The maximum atomic E-state index is 8.85. The van der Waals surface area contributed by atoms with Crippen molar-refractivity contribution in [1.29, 1.82) is 0 Å². The molecule has 0 spiro atoms. The standard InChI is InChI=1S/C7H14N4O/c1-7(8,4-12)2-3-11-6-9-5-10-11/h5-6,12H,2-4,8H2,1H3. The molecule has 0 radical (unpaired) electrons. The molecule has 1 aromatic heterocycles. The van der Waals surface area contributed by atoms with Gasteiger partial charge in [-0.1, -0.05) is 0 Å². The van der Waals surface area contributed by atoms with Crippen molar-refractivity contribution in [1.82, 2.24) is 14.8 Å². The zero-order valence-electron chi connectivity index (χ0n) is 7.14. The Labute approximate surface area is 71.2 Å². The lowest BCUT2D eigenvalue weighted by atomic mass is 10.0. The third-order valence-corrected chi connectivity index (χ3v) is 1.74. The van der Waals surface area contributed by atoms with Gasteiger partial charge >= 0.3 is 0 Å². The molecule has 0 bridgehead atoms. The summed E-state index contributed by atoms with van der Waals surface area (Å²) in [5.74, 6) is 0. The van der Waals surface area contributed by atoms with Gasteiger partial charge in [0.15, 0.2) is 0 Å². The van der Waals surface area contributed by atoms with Crippen LogP contribution in [-0.2, 0) is 6.54 Å². The summed E-state index contributed by atoms with van der Waals surface area (Å²) < 4.78 is 1.70. The van der Waals surface area contributed by atoms with Crippen LogP contribution in [0, 0.1) is 0 Å². The van der Waals surface area contributed by atoms with Gasteiger partial charge in [0.2, 0.25) is 0 Å². The Morgan fingerprint density at radius 3 is 2.92 bits per heavy atom. The van der Waals surface area contributed by atoms with Gasteiger partial charge in [0.05, 0.1) is 6.61 Å². The predicted molar refractivity (Wildman–Crippen MR) is 44.3 cm³/mol. The largest absolute Gasteiger partial charge is 0.394 e. The fraction of sp³-hybridized carbons (Fsp3) is 0.714. The van der Waals surface area contributed by atoms with Crippen molar-refractivity contribution >= 4 is 0 Å². The van der Waals surface area contributed by atoms with Crippen LogP contribution < -0.4 is 5.73 Å². The van der Waals surface area contributed by atoms with Gasteiger partial charge in [-0.15, -0.1) is 0 Å². The molecule has 5 heteroatoms. The second-order valence-electron chi connectivity index (χ2n) is 3.22. The molecule has 1 heterocycles. The maximum Gasteiger partial charge on any atom is 0.137 e. The highest BCUT2D eigenvalue weighted by atomic mass is 16.3. The van der Waals surface area contributed by atoms with E-state index in [1.165, 1.54) is 6.33 Å². The lowest BCUT2D eigenvalue weighted by Crippen LogP contribution is -2.41. The first kappa shape index (κ1) is 9.15. The molecule has 1 rings (SSSR count). The molecular formula is C7H14N4O. The third kappa shape index (κ3) is 2.60. The Hall–Kier alpha value is -0.940. The van der Waals surface area contributed by atoms with Gasteiger partial charge in [0.1, 0.15) is 12.7 Å². The number of rotatable bonds is 4. The van der Waals surface area contributed by atoms with E-state index in [0.717, 1.165) is 0 Å². The highest BCUT2D eigenvalue weighted by Gasteiger charge is 2.16. The third-order valence-electron chi connectivity index (χ3n) is 1.74. The van der Waals surface area contributed by atoms with E-state index in [2.05, 4.69) is 10.1 Å². The van der Waals surface area contributed by atoms with Gasteiger partial charge in [-0.2, -0.15) is 5.10 Å². The average Bonchev–Trinajstić information content (AvgIpc) is 2.53. The van der Waals surface area contributed by atoms with Crippen LogP contribution in [0.1, 0.15) is 13.3 Å². The van der Waals surface area contributed by atoms with Crippen molar-refractivity contribution < 1.29 is 5.11 Å². The summed E-state index contributed by atoms with van der Waals surface area (Å²) in [6.45, 7) is 2.49. The number of aliphatic hydroxyl groups is 1. The Kier molecular flexibility index (Phi) is 2.78. The normalized spacial score (nSPS) is 15.9. The summed E-state index contributed by atoms with van der Waals surface area (Å²) in [6, 6.07) is 0. The van der Waals surface area contributed by atoms with E-state index in [0.29, 0.717) is 13.0 Å². The highest BCUT2D eigenvalue weighted by Crippen LogP contribution is 2.04. The fourth-order valence-corrected chi connectivity index (χ4v) is 0.797. The van der Waals surface area contributed by atoms with Crippen LogP contribution in [-0.4, -0.2) is 32.0 Å². The van der Waals surface area contributed by atoms with Gasteiger partial charge < -0.3 is 10.8 Å². The first-order valence-electron chi connectivity index (χ1n) is 3.86. The number of aromatic nitrogens is 3. The Morgan fingerprint density at radius 1 is 1.67 bits per heavy atom. The summed E-state index contributed by atoms with van der Waals surface area (Å²) in [5.41, 5.74) is 5.20. The molecule has 5 nitrogen and oxygen atoms in total. The van der Waals surface area contributed by atoms with Crippen LogP contribution in [0.15, 0.2) is 12.7 Å². The molecule has 12 heavy (non-hydrogen) atoms. The number of nitrogens with zero attached hydrogens (tertiary/aromatic N) is 3. The molecule has 0 aliphatic carbocycles. The van der Waals surface area contributed by atoms with E-state index in [1.54, 1.807) is 11.0 Å². The molecule has 1 atom stereocenters. The predicted octanol–water partition coefficient (Wildman–Crippen LogP) is -0.622. The molecule has 0 saturated carbocycles. The van der Waals surface area contributed by atoms with Crippen molar-refractivity contribution in [3.8, 4) is 0 Å². The molecule has 0 saturated heterocycles. The SMILES string of the molecule is CC(N)(CO)CCn1cncn1. The van der Waals surface area contributed by atoms with Crippen molar-refractivity contribution in [3.63, 3.8) is 0 Å². The zero-order chi connectivity index (χ0) is 9.03. The quantitative estimate of drug-likeness (QED) is 0.631. The number of aliphatic hydroxyl groups excluding tert-OH is 1. The van der Waals surface area contributed by atoms with Crippen molar-refractivity contribution in [2.24, 2.45) is 5.73 Å². The number of nitrogens with two attached hydrogens (primary N) is 1.